The third-order valence-electron chi connectivity index (χ3n) is 2.28. The summed E-state index contributed by atoms with van der Waals surface area (Å²) in [6, 6.07) is 0. The highest BCUT2D eigenvalue weighted by atomic mass is 16.5. The van der Waals surface area contributed by atoms with Gasteiger partial charge in [0.05, 0.1) is 6.54 Å². The molecule has 74 valence electrons. The Hall–Kier alpha value is -0.830. The van der Waals surface area contributed by atoms with Gasteiger partial charge in [0.25, 0.3) is 5.82 Å². The van der Waals surface area contributed by atoms with Gasteiger partial charge in [-0.05, 0) is 6.42 Å². The Morgan fingerprint density at radius 2 is 2.31 bits per heavy atom. The molecular formula is C10H19N2O+. The molecule has 3 nitrogen and oxygen atoms in total. The van der Waals surface area contributed by atoms with Gasteiger partial charge in [-0.3, -0.25) is 0 Å². The van der Waals surface area contributed by atoms with E-state index in [-0.39, 0.29) is 0 Å². The van der Waals surface area contributed by atoms with Crippen molar-refractivity contribution in [1.29, 1.82) is 0 Å². The molecule has 0 radical (unpaired) electrons. The summed E-state index contributed by atoms with van der Waals surface area (Å²) >= 11 is 0. The smallest absolute Gasteiger partial charge is 0.255 e. The standard InChI is InChI=1S/C10H19N2O/c1-4-5-6-11-7-8-12(9-13-3)10(11)2/h7-8H,4-6,9H2,1-3H3/q+1. The molecule has 0 atom stereocenters. The second-order valence-corrected chi connectivity index (χ2v) is 3.28. The lowest BCUT2D eigenvalue weighted by molar-refractivity contribution is -0.736. The van der Waals surface area contributed by atoms with E-state index in [2.05, 4.69) is 35.4 Å². The average Bonchev–Trinajstić information content (AvgIpc) is 2.46. The number of hydrogen-bond acceptors (Lipinski definition) is 1. The summed E-state index contributed by atoms with van der Waals surface area (Å²) in [4.78, 5) is 0. The van der Waals surface area contributed by atoms with E-state index >= 15 is 0 Å². The lowest BCUT2D eigenvalue weighted by Gasteiger charge is -1.98. The van der Waals surface area contributed by atoms with Crippen LogP contribution in [-0.4, -0.2) is 11.7 Å². The minimum Gasteiger partial charge on any atom is -0.345 e. The van der Waals surface area contributed by atoms with Crippen molar-refractivity contribution < 1.29 is 9.30 Å². The maximum atomic E-state index is 5.08. The Balaban J connectivity index is 2.62. The van der Waals surface area contributed by atoms with E-state index < -0.39 is 0 Å². The number of ether oxygens (including phenoxy) is 1. The maximum absolute atomic E-state index is 5.08. The van der Waals surface area contributed by atoms with E-state index in [9.17, 15) is 0 Å². The van der Waals surface area contributed by atoms with Crippen molar-refractivity contribution in [2.75, 3.05) is 7.11 Å². The van der Waals surface area contributed by atoms with Gasteiger partial charge in [0.15, 0.2) is 6.73 Å². The summed E-state index contributed by atoms with van der Waals surface area (Å²) in [7, 11) is 1.72. The topological polar surface area (TPSA) is 18.0 Å². The fourth-order valence-electron chi connectivity index (χ4n) is 1.38. The van der Waals surface area contributed by atoms with Crippen LogP contribution < -0.4 is 4.57 Å². The first-order chi connectivity index (χ1) is 6.29. The van der Waals surface area contributed by atoms with Gasteiger partial charge >= 0.3 is 0 Å². The predicted octanol–water partition coefficient (Wildman–Crippen LogP) is 1.49. The minimum absolute atomic E-state index is 0.644. The van der Waals surface area contributed by atoms with E-state index in [1.165, 1.54) is 18.7 Å². The molecule has 0 saturated heterocycles. The number of aryl methyl sites for hydroxylation is 1. The van der Waals surface area contributed by atoms with Gasteiger partial charge < -0.3 is 4.74 Å². The molecule has 0 unspecified atom stereocenters. The zero-order valence-electron chi connectivity index (χ0n) is 8.79. The molecule has 0 fully saturated rings. The van der Waals surface area contributed by atoms with Crippen molar-refractivity contribution in [2.24, 2.45) is 0 Å². The highest BCUT2D eigenvalue weighted by Gasteiger charge is 2.10. The zero-order valence-corrected chi connectivity index (χ0v) is 8.79. The summed E-state index contributed by atoms with van der Waals surface area (Å²) in [5, 5.41) is 0. The SMILES string of the molecule is CCCCn1cc[n+](COC)c1C. The second-order valence-electron chi connectivity index (χ2n) is 3.28. The quantitative estimate of drug-likeness (QED) is 0.632. The van der Waals surface area contributed by atoms with Crippen molar-refractivity contribution in [2.45, 2.75) is 40.0 Å². The van der Waals surface area contributed by atoms with Gasteiger partial charge in [-0.25, -0.2) is 9.13 Å². The normalized spacial score (nSPS) is 10.7. The van der Waals surface area contributed by atoms with E-state index in [1.807, 2.05) is 0 Å². The molecule has 1 aromatic rings. The molecule has 0 spiro atoms. The third-order valence-corrected chi connectivity index (χ3v) is 2.28. The Morgan fingerprint density at radius 1 is 1.54 bits per heavy atom. The molecule has 0 saturated carbocycles. The molecule has 0 aromatic carbocycles. The van der Waals surface area contributed by atoms with Crippen LogP contribution in [0, 0.1) is 6.92 Å². The predicted molar refractivity (Wildman–Crippen MR) is 51.3 cm³/mol. The molecule has 13 heavy (non-hydrogen) atoms. The number of aromatic nitrogens is 2. The van der Waals surface area contributed by atoms with Crippen LogP contribution in [0.5, 0.6) is 0 Å². The molecule has 0 bridgehead atoms. The Kier molecular flexibility index (Phi) is 3.96. The molecule has 0 amide bonds. The maximum Gasteiger partial charge on any atom is 0.255 e. The summed E-state index contributed by atoms with van der Waals surface area (Å²) in [5.41, 5.74) is 0. The van der Waals surface area contributed by atoms with Crippen molar-refractivity contribution in [1.82, 2.24) is 4.57 Å². The first kappa shape index (κ1) is 10.3. The van der Waals surface area contributed by atoms with Crippen LogP contribution in [0.3, 0.4) is 0 Å². The third kappa shape index (κ3) is 2.56. The highest BCUT2D eigenvalue weighted by molar-refractivity contribution is 4.78. The lowest BCUT2D eigenvalue weighted by Crippen LogP contribution is -2.36. The molecule has 1 heterocycles. The Bertz CT molecular complexity index is 255. The monoisotopic (exact) mass is 183 g/mol. The fourth-order valence-corrected chi connectivity index (χ4v) is 1.38. The zero-order chi connectivity index (χ0) is 9.68. The van der Waals surface area contributed by atoms with Crippen LogP contribution in [0.4, 0.5) is 0 Å². The number of hydrogen-bond donors (Lipinski definition) is 0. The van der Waals surface area contributed by atoms with E-state index in [4.69, 9.17) is 4.74 Å². The lowest BCUT2D eigenvalue weighted by atomic mass is 10.3. The molecule has 0 aliphatic heterocycles. The van der Waals surface area contributed by atoms with Gasteiger partial charge in [0, 0.05) is 14.0 Å². The first-order valence-corrected chi connectivity index (χ1v) is 4.83. The average molecular weight is 183 g/mol. The number of unbranched alkanes of at least 4 members (excludes halogenated alkanes) is 1. The minimum atomic E-state index is 0.644. The van der Waals surface area contributed by atoms with Crippen LogP contribution in [-0.2, 0) is 18.0 Å². The second kappa shape index (κ2) is 5.02. The van der Waals surface area contributed by atoms with Crippen molar-refractivity contribution in [3.8, 4) is 0 Å². The van der Waals surface area contributed by atoms with Crippen LogP contribution in [0.25, 0.3) is 0 Å². The first-order valence-electron chi connectivity index (χ1n) is 4.83. The van der Waals surface area contributed by atoms with E-state index in [0.717, 1.165) is 6.54 Å². The van der Waals surface area contributed by atoms with E-state index in [0.29, 0.717) is 6.73 Å². The van der Waals surface area contributed by atoms with Gasteiger partial charge in [-0.1, -0.05) is 13.3 Å². The van der Waals surface area contributed by atoms with E-state index in [1.54, 1.807) is 7.11 Å². The number of imidazole rings is 1. The van der Waals surface area contributed by atoms with Crippen molar-refractivity contribution >= 4 is 0 Å². The van der Waals surface area contributed by atoms with Gasteiger partial charge in [0.1, 0.15) is 12.4 Å². The fraction of sp³-hybridized carbons (Fsp3) is 0.700. The van der Waals surface area contributed by atoms with Crippen LogP contribution in [0.1, 0.15) is 25.6 Å². The summed E-state index contributed by atoms with van der Waals surface area (Å²) < 4.78 is 9.45. The number of methoxy groups -OCH3 is 1. The Labute approximate surface area is 79.9 Å². The molecule has 0 aliphatic carbocycles. The largest absolute Gasteiger partial charge is 0.345 e. The highest BCUT2D eigenvalue weighted by Crippen LogP contribution is 1.98. The number of rotatable bonds is 5. The molecule has 0 N–H and O–H groups in total. The van der Waals surface area contributed by atoms with Gasteiger partial charge in [0.2, 0.25) is 0 Å². The molecule has 0 aliphatic rings. The summed E-state index contributed by atoms with van der Waals surface area (Å²) in [6.45, 7) is 6.08. The molecule has 3 heteroatoms. The van der Waals surface area contributed by atoms with Crippen LogP contribution in [0.2, 0.25) is 0 Å². The van der Waals surface area contributed by atoms with Crippen molar-refractivity contribution in [3.63, 3.8) is 0 Å². The number of nitrogens with zero attached hydrogens (tertiary/aromatic N) is 2. The van der Waals surface area contributed by atoms with Crippen LogP contribution in [0.15, 0.2) is 12.4 Å². The summed E-state index contributed by atoms with van der Waals surface area (Å²) in [5.74, 6) is 1.26. The van der Waals surface area contributed by atoms with Gasteiger partial charge in [-0.2, -0.15) is 0 Å². The molecule has 1 rings (SSSR count). The van der Waals surface area contributed by atoms with Crippen molar-refractivity contribution in [3.05, 3.63) is 18.2 Å². The van der Waals surface area contributed by atoms with Crippen LogP contribution >= 0.6 is 0 Å². The molecular weight excluding hydrogens is 164 g/mol. The Morgan fingerprint density at radius 3 is 2.92 bits per heavy atom. The molecule has 1 aromatic heterocycles. The van der Waals surface area contributed by atoms with Gasteiger partial charge in [-0.15, -0.1) is 0 Å². The summed E-state index contributed by atoms with van der Waals surface area (Å²) in [6.07, 6.45) is 6.66.